The van der Waals surface area contributed by atoms with E-state index in [0.29, 0.717) is 5.56 Å². The highest BCUT2D eigenvalue weighted by atomic mass is 32.2. The van der Waals surface area contributed by atoms with Gasteiger partial charge in [-0.15, -0.1) is 0 Å². The summed E-state index contributed by atoms with van der Waals surface area (Å²) in [5.74, 6) is -1.57. The second-order valence-electron chi connectivity index (χ2n) is 5.21. The number of hydrogen-bond acceptors (Lipinski definition) is 3. The van der Waals surface area contributed by atoms with E-state index in [4.69, 9.17) is 0 Å². The normalized spacial score (nSPS) is 23.9. The van der Waals surface area contributed by atoms with Crippen LogP contribution in [0.3, 0.4) is 0 Å². The number of alkyl halides is 3. The molecule has 0 aliphatic carbocycles. The third-order valence-electron chi connectivity index (χ3n) is 3.49. The van der Waals surface area contributed by atoms with E-state index in [0.717, 1.165) is 16.4 Å². The van der Waals surface area contributed by atoms with Crippen LogP contribution >= 0.6 is 0 Å². The van der Waals surface area contributed by atoms with Crippen molar-refractivity contribution >= 4 is 10.0 Å². The molecular weight excluding hydrogens is 326 g/mol. The van der Waals surface area contributed by atoms with Gasteiger partial charge < -0.3 is 5.11 Å². The lowest BCUT2D eigenvalue weighted by molar-refractivity contribution is -0.130. The van der Waals surface area contributed by atoms with Crippen molar-refractivity contribution in [3.63, 3.8) is 0 Å². The highest BCUT2D eigenvalue weighted by Crippen LogP contribution is 2.35. The number of aliphatic hydroxyl groups is 1. The summed E-state index contributed by atoms with van der Waals surface area (Å²) in [7, 11) is -4.17. The molecule has 1 saturated heterocycles. The van der Waals surface area contributed by atoms with Crippen molar-refractivity contribution in [2.24, 2.45) is 0 Å². The van der Waals surface area contributed by atoms with Crippen LogP contribution in [0.1, 0.15) is 24.4 Å². The minimum Gasteiger partial charge on any atom is -0.392 e. The van der Waals surface area contributed by atoms with E-state index in [1.165, 1.54) is 12.1 Å². The maximum absolute atomic E-state index is 12.9. The first-order valence-electron chi connectivity index (χ1n) is 6.58. The molecule has 0 unspecified atom stereocenters. The van der Waals surface area contributed by atoms with E-state index in [9.17, 15) is 31.1 Å². The Morgan fingerprint density at radius 3 is 2.36 bits per heavy atom. The molecule has 0 saturated carbocycles. The molecule has 1 aromatic rings. The zero-order chi connectivity index (χ0) is 16.5. The summed E-state index contributed by atoms with van der Waals surface area (Å²) in [5, 5.41) is 9.67. The minimum absolute atomic E-state index is 0.0663. The molecule has 0 amide bonds. The smallest absolute Gasteiger partial charge is 0.390 e. The molecule has 22 heavy (non-hydrogen) atoms. The molecule has 124 valence electrons. The second-order valence-corrected chi connectivity index (χ2v) is 7.25. The van der Waals surface area contributed by atoms with Gasteiger partial charge in [0.2, 0.25) is 10.0 Å². The van der Waals surface area contributed by atoms with Crippen molar-refractivity contribution < 1.29 is 31.1 Å². The maximum atomic E-state index is 12.9. The molecule has 0 bridgehead atoms. The number of halogens is 4. The molecule has 1 aliphatic rings. The Hall–Kier alpha value is -1.19. The first-order valence-corrected chi connectivity index (χ1v) is 8.19. The minimum atomic E-state index is -4.57. The van der Waals surface area contributed by atoms with Crippen molar-refractivity contribution in [1.82, 2.24) is 4.31 Å². The maximum Gasteiger partial charge on any atom is 0.390 e. The summed E-state index contributed by atoms with van der Waals surface area (Å²) in [6.45, 7) is -0.262. The summed E-state index contributed by atoms with van der Waals surface area (Å²) in [4.78, 5) is 0. The average Bonchev–Trinajstić information content (AvgIpc) is 2.80. The van der Waals surface area contributed by atoms with Crippen molar-refractivity contribution in [1.29, 1.82) is 0 Å². The predicted molar refractivity (Wildman–Crippen MR) is 70.9 cm³/mol. The van der Waals surface area contributed by atoms with E-state index in [-0.39, 0.29) is 13.0 Å². The Morgan fingerprint density at radius 1 is 1.23 bits per heavy atom. The standard InChI is InChI=1S/C13H15F4NO3S/c14-10-3-1-9(2-4-10)12-7-11(19)8-18(12)22(20,21)6-5-13(15,16)17/h1-4,11-12,19H,5-8H2/t11-,12+/m0/s1. The Labute approximate surface area is 125 Å². The van der Waals surface area contributed by atoms with Crippen LogP contribution in [0.15, 0.2) is 24.3 Å². The third-order valence-corrected chi connectivity index (χ3v) is 5.33. The SMILES string of the molecule is O=S(=O)(CCC(F)(F)F)N1C[C@@H](O)C[C@@H]1c1ccc(F)cc1. The lowest BCUT2D eigenvalue weighted by Crippen LogP contribution is -2.35. The fourth-order valence-electron chi connectivity index (χ4n) is 2.44. The lowest BCUT2D eigenvalue weighted by Gasteiger charge is -2.24. The molecule has 4 nitrogen and oxygen atoms in total. The zero-order valence-corrected chi connectivity index (χ0v) is 12.2. The number of nitrogens with zero attached hydrogens (tertiary/aromatic N) is 1. The molecular formula is C13H15F4NO3S. The topological polar surface area (TPSA) is 57.6 Å². The number of rotatable bonds is 4. The van der Waals surface area contributed by atoms with Gasteiger partial charge in [0.15, 0.2) is 0 Å². The van der Waals surface area contributed by atoms with E-state index in [1.54, 1.807) is 0 Å². The Bertz CT molecular complexity index is 615. The molecule has 1 fully saturated rings. The van der Waals surface area contributed by atoms with Gasteiger partial charge >= 0.3 is 6.18 Å². The molecule has 1 aliphatic heterocycles. The van der Waals surface area contributed by atoms with Crippen LogP contribution in [0, 0.1) is 5.82 Å². The van der Waals surface area contributed by atoms with Gasteiger partial charge in [-0.3, -0.25) is 0 Å². The zero-order valence-electron chi connectivity index (χ0n) is 11.4. The number of benzene rings is 1. The van der Waals surface area contributed by atoms with Gasteiger partial charge in [0.05, 0.1) is 24.3 Å². The van der Waals surface area contributed by atoms with Crippen molar-refractivity contribution in [3.8, 4) is 0 Å². The fraction of sp³-hybridized carbons (Fsp3) is 0.538. The molecule has 0 aromatic heterocycles. The highest BCUT2D eigenvalue weighted by Gasteiger charge is 2.41. The van der Waals surface area contributed by atoms with E-state index in [1.807, 2.05) is 0 Å². The van der Waals surface area contributed by atoms with Crippen LogP contribution < -0.4 is 0 Å². The van der Waals surface area contributed by atoms with Crippen molar-refractivity contribution in [2.75, 3.05) is 12.3 Å². The van der Waals surface area contributed by atoms with Crippen LogP contribution in [-0.2, 0) is 10.0 Å². The van der Waals surface area contributed by atoms with Crippen molar-refractivity contribution in [2.45, 2.75) is 31.2 Å². The van der Waals surface area contributed by atoms with Gasteiger partial charge in [-0.1, -0.05) is 12.1 Å². The Balaban J connectivity index is 2.21. The average molecular weight is 341 g/mol. The van der Waals surface area contributed by atoms with Gasteiger partial charge in [-0.2, -0.15) is 17.5 Å². The number of β-amino-alcohol motifs (C(OH)–C–C–N with tert-alkyl or cyclic N) is 1. The number of hydrogen-bond donors (Lipinski definition) is 1. The molecule has 1 heterocycles. The quantitative estimate of drug-likeness (QED) is 0.855. The van der Waals surface area contributed by atoms with E-state index < -0.39 is 46.3 Å². The molecule has 2 rings (SSSR count). The first-order chi connectivity index (χ1) is 10.1. The van der Waals surface area contributed by atoms with Gasteiger partial charge in [-0.05, 0) is 24.1 Å². The molecule has 1 aromatic carbocycles. The second kappa shape index (κ2) is 6.13. The van der Waals surface area contributed by atoms with Crippen molar-refractivity contribution in [3.05, 3.63) is 35.6 Å². The van der Waals surface area contributed by atoms with Gasteiger partial charge in [0.1, 0.15) is 5.82 Å². The Morgan fingerprint density at radius 2 is 1.82 bits per heavy atom. The molecule has 0 radical (unpaired) electrons. The van der Waals surface area contributed by atoms with Crippen LogP contribution in [0.4, 0.5) is 17.6 Å². The summed E-state index contributed by atoms with van der Waals surface area (Å²) >= 11 is 0. The van der Waals surface area contributed by atoms with Crippen LogP contribution in [-0.4, -0.2) is 42.4 Å². The largest absolute Gasteiger partial charge is 0.392 e. The monoisotopic (exact) mass is 341 g/mol. The number of sulfonamides is 1. The van der Waals surface area contributed by atoms with E-state index >= 15 is 0 Å². The molecule has 2 atom stereocenters. The lowest BCUT2D eigenvalue weighted by atomic mass is 10.0. The van der Waals surface area contributed by atoms with Crippen LogP contribution in [0.2, 0.25) is 0 Å². The first kappa shape index (κ1) is 17.2. The number of aliphatic hydroxyl groups excluding tert-OH is 1. The van der Waals surface area contributed by atoms with Gasteiger partial charge in [0, 0.05) is 6.54 Å². The Kier molecular flexibility index (Phi) is 4.78. The van der Waals surface area contributed by atoms with Gasteiger partial charge in [-0.25, -0.2) is 12.8 Å². The van der Waals surface area contributed by atoms with Crippen LogP contribution in [0.25, 0.3) is 0 Å². The third kappa shape index (κ3) is 4.17. The molecule has 0 spiro atoms. The summed E-state index contributed by atoms with van der Waals surface area (Å²) in [6, 6.07) is 4.23. The summed E-state index contributed by atoms with van der Waals surface area (Å²) < 4.78 is 74.8. The highest BCUT2D eigenvalue weighted by molar-refractivity contribution is 7.89. The fourth-order valence-corrected chi connectivity index (χ4v) is 4.16. The molecule has 9 heteroatoms. The predicted octanol–water partition coefficient (Wildman–Crippen LogP) is 2.22. The van der Waals surface area contributed by atoms with E-state index in [2.05, 4.69) is 0 Å². The summed E-state index contributed by atoms with van der Waals surface area (Å²) in [5.41, 5.74) is 0.438. The summed E-state index contributed by atoms with van der Waals surface area (Å²) in [6.07, 6.45) is -6.91. The van der Waals surface area contributed by atoms with Crippen LogP contribution in [0.5, 0.6) is 0 Å². The van der Waals surface area contributed by atoms with Gasteiger partial charge in [0.25, 0.3) is 0 Å². The molecule has 1 N–H and O–H groups in total.